The number of carbonyl (C=O) groups is 2. The van der Waals surface area contributed by atoms with Crippen LogP contribution < -0.4 is 0 Å². The maximum absolute atomic E-state index is 11.9. The Balaban J connectivity index is 2.82. The number of nitrogens with zero attached hydrogens (tertiary/aromatic N) is 1. The van der Waals surface area contributed by atoms with Gasteiger partial charge in [-0.2, -0.15) is 0 Å². The molecule has 6 nitrogen and oxygen atoms in total. The maximum Gasteiger partial charge on any atom is 0.411 e. The minimum atomic E-state index is -1.08. The van der Waals surface area contributed by atoms with Gasteiger partial charge in [0.15, 0.2) is 6.04 Å². The number of hydrogen-bond acceptors (Lipinski definition) is 4. The summed E-state index contributed by atoms with van der Waals surface area (Å²) >= 11 is 0. The summed E-state index contributed by atoms with van der Waals surface area (Å²) in [6.07, 6.45) is -0.610. The molecule has 2 unspecified atom stereocenters. The van der Waals surface area contributed by atoms with Crippen LogP contribution in [0.4, 0.5) is 4.79 Å². The van der Waals surface area contributed by atoms with E-state index in [0.29, 0.717) is 6.61 Å². The third-order valence-corrected chi connectivity index (χ3v) is 2.33. The van der Waals surface area contributed by atoms with Crippen molar-refractivity contribution in [3.63, 3.8) is 0 Å². The van der Waals surface area contributed by atoms with Crippen LogP contribution in [0.3, 0.4) is 0 Å². The first-order chi connectivity index (χ1) is 7.72. The first kappa shape index (κ1) is 13.8. The van der Waals surface area contributed by atoms with Crippen LogP contribution >= 0.6 is 0 Å². The molecule has 1 fully saturated rings. The molecule has 0 radical (unpaired) electrons. The Bertz CT molecular complexity index is 309. The van der Waals surface area contributed by atoms with Crippen molar-refractivity contribution in [3.05, 3.63) is 0 Å². The van der Waals surface area contributed by atoms with E-state index in [4.69, 9.17) is 14.6 Å². The SMILES string of the molecule is CC1COCC(C(=O)O)N1C(=O)OC(C)(C)C. The Morgan fingerprint density at radius 1 is 1.35 bits per heavy atom. The smallest absolute Gasteiger partial charge is 0.411 e. The molecule has 17 heavy (non-hydrogen) atoms. The summed E-state index contributed by atoms with van der Waals surface area (Å²) in [6, 6.07) is -1.28. The summed E-state index contributed by atoms with van der Waals surface area (Å²) in [6.45, 7) is 7.28. The second-order valence-corrected chi connectivity index (χ2v) is 5.13. The van der Waals surface area contributed by atoms with Crippen LogP contribution in [0.25, 0.3) is 0 Å². The summed E-state index contributed by atoms with van der Waals surface area (Å²) in [7, 11) is 0. The molecule has 0 aromatic rings. The van der Waals surface area contributed by atoms with Crippen LogP contribution in [0, 0.1) is 0 Å². The Morgan fingerprint density at radius 2 is 1.94 bits per heavy atom. The van der Waals surface area contributed by atoms with Gasteiger partial charge >= 0.3 is 12.1 Å². The van der Waals surface area contributed by atoms with Gasteiger partial charge in [-0.25, -0.2) is 9.59 Å². The highest BCUT2D eigenvalue weighted by Crippen LogP contribution is 2.18. The molecule has 2 atom stereocenters. The molecule has 1 heterocycles. The van der Waals surface area contributed by atoms with E-state index in [-0.39, 0.29) is 12.6 Å². The van der Waals surface area contributed by atoms with E-state index >= 15 is 0 Å². The van der Waals surface area contributed by atoms with E-state index in [1.807, 2.05) is 0 Å². The molecule has 6 heteroatoms. The van der Waals surface area contributed by atoms with Crippen molar-refractivity contribution in [3.8, 4) is 0 Å². The highest BCUT2D eigenvalue weighted by molar-refractivity contribution is 5.80. The first-order valence-corrected chi connectivity index (χ1v) is 5.54. The lowest BCUT2D eigenvalue weighted by Gasteiger charge is -2.38. The number of ether oxygens (including phenoxy) is 2. The van der Waals surface area contributed by atoms with Gasteiger partial charge in [-0.15, -0.1) is 0 Å². The van der Waals surface area contributed by atoms with Gasteiger partial charge in [-0.3, -0.25) is 4.90 Å². The van der Waals surface area contributed by atoms with E-state index < -0.39 is 23.7 Å². The van der Waals surface area contributed by atoms with Gasteiger partial charge in [0.25, 0.3) is 0 Å². The Morgan fingerprint density at radius 3 is 2.41 bits per heavy atom. The largest absolute Gasteiger partial charge is 0.480 e. The van der Waals surface area contributed by atoms with Crippen LogP contribution in [0.1, 0.15) is 27.7 Å². The van der Waals surface area contributed by atoms with Gasteiger partial charge in [0.2, 0.25) is 0 Å². The summed E-state index contributed by atoms with van der Waals surface area (Å²) in [4.78, 5) is 24.2. The number of rotatable bonds is 1. The fraction of sp³-hybridized carbons (Fsp3) is 0.818. The summed E-state index contributed by atoms with van der Waals surface area (Å²) in [5.74, 6) is -1.08. The molecular weight excluding hydrogens is 226 g/mol. The predicted molar refractivity (Wildman–Crippen MR) is 59.8 cm³/mol. The van der Waals surface area contributed by atoms with Crippen molar-refractivity contribution < 1.29 is 24.2 Å². The zero-order valence-electron chi connectivity index (χ0n) is 10.6. The highest BCUT2D eigenvalue weighted by Gasteiger charge is 2.39. The van der Waals surface area contributed by atoms with E-state index in [2.05, 4.69) is 0 Å². The fourth-order valence-corrected chi connectivity index (χ4v) is 1.63. The van der Waals surface area contributed by atoms with Crippen molar-refractivity contribution in [2.24, 2.45) is 0 Å². The van der Waals surface area contributed by atoms with Gasteiger partial charge in [0.1, 0.15) is 5.60 Å². The molecule has 0 bridgehead atoms. The standard InChI is InChI=1S/C11H19NO5/c1-7-5-16-6-8(9(13)14)12(7)10(15)17-11(2,3)4/h7-8H,5-6H2,1-4H3,(H,13,14). The second kappa shape index (κ2) is 4.91. The molecule has 1 aliphatic rings. The van der Waals surface area contributed by atoms with Crippen LogP contribution in [0.5, 0.6) is 0 Å². The molecule has 1 saturated heterocycles. The van der Waals surface area contributed by atoms with Crippen LogP contribution in [0.2, 0.25) is 0 Å². The molecule has 98 valence electrons. The number of hydrogen-bond donors (Lipinski definition) is 1. The van der Waals surface area contributed by atoms with E-state index in [0.717, 1.165) is 0 Å². The fourth-order valence-electron chi connectivity index (χ4n) is 1.63. The minimum absolute atomic E-state index is 0.00108. The van der Waals surface area contributed by atoms with E-state index in [9.17, 15) is 9.59 Å². The molecule has 0 saturated carbocycles. The van der Waals surface area contributed by atoms with E-state index in [1.54, 1.807) is 27.7 Å². The molecule has 0 aromatic carbocycles. The van der Waals surface area contributed by atoms with E-state index in [1.165, 1.54) is 4.90 Å². The molecular formula is C11H19NO5. The van der Waals surface area contributed by atoms with Crippen LogP contribution in [-0.4, -0.2) is 53.0 Å². The van der Waals surface area contributed by atoms with Gasteiger partial charge in [0, 0.05) is 0 Å². The number of aliphatic carboxylic acids is 1. The van der Waals surface area contributed by atoms with Gasteiger partial charge in [-0.1, -0.05) is 0 Å². The topological polar surface area (TPSA) is 76.1 Å². The molecule has 0 aliphatic carbocycles. The van der Waals surface area contributed by atoms with Crippen molar-refractivity contribution in [2.45, 2.75) is 45.4 Å². The molecule has 1 aliphatic heterocycles. The Hall–Kier alpha value is -1.30. The van der Waals surface area contributed by atoms with Crippen molar-refractivity contribution in [1.29, 1.82) is 0 Å². The lowest BCUT2D eigenvalue weighted by atomic mass is 10.1. The van der Waals surface area contributed by atoms with Gasteiger partial charge < -0.3 is 14.6 Å². The van der Waals surface area contributed by atoms with Crippen LogP contribution in [-0.2, 0) is 14.3 Å². The molecule has 1 rings (SSSR count). The Kier molecular flexibility index (Phi) is 3.98. The quantitative estimate of drug-likeness (QED) is 0.748. The molecule has 0 spiro atoms. The molecule has 1 N–H and O–H groups in total. The number of carboxylic acid groups (broad SMARTS) is 1. The first-order valence-electron chi connectivity index (χ1n) is 5.54. The summed E-state index contributed by atoms with van der Waals surface area (Å²) < 4.78 is 10.3. The molecule has 1 amide bonds. The Labute approximate surface area is 100 Å². The average Bonchev–Trinajstić information content (AvgIpc) is 2.13. The molecule has 0 aromatic heterocycles. The third-order valence-electron chi connectivity index (χ3n) is 2.33. The van der Waals surface area contributed by atoms with Crippen molar-refractivity contribution >= 4 is 12.1 Å². The lowest BCUT2D eigenvalue weighted by Crippen LogP contribution is -2.57. The predicted octanol–water partition coefficient (Wildman–Crippen LogP) is 1.10. The zero-order chi connectivity index (χ0) is 13.2. The number of amides is 1. The minimum Gasteiger partial charge on any atom is -0.480 e. The number of carboxylic acids is 1. The van der Waals surface area contributed by atoms with Gasteiger partial charge in [-0.05, 0) is 27.7 Å². The number of carbonyl (C=O) groups excluding carboxylic acids is 1. The highest BCUT2D eigenvalue weighted by atomic mass is 16.6. The summed E-state index contributed by atoms with van der Waals surface area (Å²) in [5.41, 5.74) is -0.641. The third kappa shape index (κ3) is 3.59. The second-order valence-electron chi connectivity index (χ2n) is 5.13. The monoisotopic (exact) mass is 245 g/mol. The lowest BCUT2D eigenvalue weighted by molar-refractivity contribution is -0.151. The zero-order valence-corrected chi connectivity index (χ0v) is 10.6. The van der Waals surface area contributed by atoms with Crippen LogP contribution in [0.15, 0.2) is 0 Å². The average molecular weight is 245 g/mol. The van der Waals surface area contributed by atoms with Crippen molar-refractivity contribution in [1.82, 2.24) is 4.90 Å². The maximum atomic E-state index is 11.9. The van der Waals surface area contributed by atoms with Gasteiger partial charge in [0.05, 0.1) is 19.3 Å². The number of morpholine rings is 1. The summed E-state index contributed by atoms with van der Waals surface area (Å²) in [5, 5.41) is 9.04. The van der Waals surface area contributed by atoms with Crippen molar-refractivity contribution in [2.75, 3.05) is 13.2 Å². The normalized spacial score (nSPS) is 25.5.